The van der Waals surface area contributed by atoms with Crippen LogP contribution in [0.3, 0.4) is 0 Å². The highest BCUT2D eigenvalue weighted by Gasteiger charge is 2.28. The van der Waals surface area contributed by atoms with Crippen LogP contribution in [0.25, 0.3) is 10.9 Å². The summed E-state index contributed by atoms with van der Waals surface area (Å²) in [6.45, 7) is 7.32. The Kier molecular flexibility index (Phi) is 4.94. The van der Waals surface area contributed by atoms with Crippen molar-refractivity contribution in [3.05, 3.63) is 40.7 Å². The molecule has 0 saturated carbocycles. The van der Waals surface area contributed by atoms with Crippen LogP contribution in [0, 0.1) is 5.92 Å². The molecule has 2 aromatic rings. The van der Waals surface area contributed by atoms with E-state index in [1.165, 1.54) is 6.07 Å². The molecule has 1 atom stereocenters. The number of nitrogens with zero attached hydrogens (tertiary/aromatic N) is 2. The number of para-hydroxylation sites is 1. The molecule has 26 heavy (non-hydrogen) atoms. The SMILES string of the molecule is CC(C)(C)OC(=O)N1CCCC(Cn2c(=O)cc(O)c3ccccc32)C1. The standard InChI is InChI=1S/C20H26N2O4/c1-20(2,3)26-19(25)21-10-6-7-14(12-21)13-22-16-9-5-4-8-15(16)17(23)11-18(22)24/h4-5,8-9,11,14,23H,6-7,10,12-13H2,1-3H3. The van der Waals surface area contributed by atoms with Crippen molar-refractivity contribution in [2.24, 2.45) is 5.92 Å². The number of benzene rings is 1. The number of amides is 1. The van der Waals surface area contributed by atoms with Gasteiger partial charge in [-0.2, -0.15) is 0 Å². The fourth-order valence-electron chi connectivity index (χ4n) is 3.47. The number of likely N-dealkylation sites (tertiary alicyclic amines) is 1. The highest BCUT2D eigenvalue weighted by atomic mass is 16.6. The molecule has 1 fully saturated rings. The molecule has 0 aliphatic carbocycles. The van der Waals surface area contributed by atoms with Crippen molar-refractivity contribution < 1.29 is 14.6 Å². The Labute approximate surface area is 153 Å². The van der Waals surface area contributed by atoms with Crippen LogP contribution in [0.4, 0.5) is 4.79 Å². The number of rotatable bonds is 2. The summed E-state index contributed by atoms with van der Waals surface area (Å²) in [6, 6.07) is 8.59. The first kappa shape index (κ1) is 18.3. The molecule has 1 aliphatic rings. The number of aromatic hydroxyl groups is 1. The minimum atomic E-state index is -0.520. The maximum atomic E-state index is 12.4. The molecule has 1 N–H and O–H groups in total. The fraction of sp³-hybridized carbons (Fsp3) is 0.500. The Hall–Kier alpha value is -2.50. The summed E-state index contributed by atoms with van der Waals surface area (Å²) in [5, 5.41) is 10.7. The largest absolute Gasteiger partial charge is 0.507 e. The molecule has 1 amide bonds. The minimum absolute atomic E-state index is 0.000811. The van der Waals surface area contributed by atoms with Crippen LogP contribution >= 0.6 is 0 Å². The van der Waals surface area contributed by atoms with Gasteiger partial charge < -0.3 is 19.3 Å². The molecule has 6 heteroatoms. The summed E-state index contributed by atoms with van der Waals surface area (Å²) < 4.78 is 7.16. The number of carbonyl (C=O) groups is 1. The molecular formula is C20H26N2O4. The fourth-order valence-corrected chi connectivity index (χ4v) is 3.47. The predicted molar refractivity (Wildman–Crippen MR) is 100 cm³/mol. The van der Waals surface area contributed by atoms with E-state index >= 15 is 0 Å². The second-order valence-electron chi connectivity index (χ2n) is 7.93. The van der Waals surface area contributed by atoms with Crippen molar-refractivity contribution in [3.63, 3.8) is 0 Å². The van der Waals surface area contributed by atoms with E-state index in [9.17, 15) is 14.7 Å². The summed E-state index contributed by atoms with van der Waals surface area (Å²) in [6.07, 6.45) is 1.53. The smallest absolute Gasteiger partial charge is 0.410 e. The van der Waals surface area contributed by atoms with Crippen LogP contribution in [0.15, 0.2) is 35.1 Å². The van der Waals surface area contributed by atoms with Gasteiger partial charge in [0.1, 0.15) is 11.4 Å². The van der Waals surface area contributed by atoms with E-state index in [-0.39, 0.29) is 23.3 Å². The van der Waals surface area contributed by atoms with Crippen LogP contribution in [-0.4, -0.2) is 39.4 Å². The first-order chi connectivity index (χ1) is 12.2. The molecule has 2 heterocycles. The Morgan fingerprint density at radius 3 is 2.77 bits per heavy atom. The van der Waals surface area contributed by atoms with Gasteiger partial charge in [0.25, 0.3) is 5.56 Å². The van der Waals surface area contributed by atoms with Gasteiger partial charge in [0.2, 0.25) is 0 Å². The lowest BCUT2D eigenvalue weighted by Gasteiger charge is -2.34. The van der Waals surface area contributed by atoms with Gasteiger partial charge in [0.15, 0.2) is 0 Å². The van der Waals surface area contributed by atoms with Gasteiger partial charge in [-0.15, -0.1) is 0 Å². The second-order valence-corrected chi connectivity index (χ2v) is 7.93. The van der Waals surface area contributed by atoms with Crippen molar-refractivity contribution >= 4 is 17.0 Å². The maximum absolute atomic E-state index is 12.4. The number of pyridine rings is 1. The molecular weight excluding hydrogens is 332 g/mol. The lowest BCUT2D eigenvalue weighted by atomic mass is 9.98. The van der Waals surface area contributed by atoms with Crippen molar-refractivity contribution in [3.8, 4) is 5.75 Å². The number of piperidine rings is 1. The number of aromatic nitrogens is 1. The molecule has 1 saturated heterocycles. The van der Waals surface area contributed by atoms with E-state index in [1.54, 1.807) is 15.5 Å². The van der Waals surface area contributed by atoms with Gasteiger partial charge >= 0.3 is 6.09 Å². The highest BCUT2D eigenvalue weighted by molar-refractivity contribution is 5.84. The third kappa shape index (κ3) is 4.00. The number of fused-ring (bicyclic) bond motifs is 1. The van der Waals surface area contributed by atoms with E-state index in [1.807, 2.05) is 39.0 Å². The summed E-state index contributed by atoms with van der Waals surface area (Å²) in [5.74, 6) is 0.169. The lowest BCUT2D eigenvalue weighted by molar-refractivity contribution is 0.0157. The van der Waals surface area contributed by atoms with Crippen LogP contribution in [0.1, 0.15) is 33.6 Å². The number of ether oxygens (including phenoxy) is 1. The molecule has 1 aliphatic heterocycles. The molecule has 6 nitrogen and oxygen atoms in total. The van der Waals surface area contributed by atoms with E-state index in [0.29, 0.717) is 30.5 Å². The number of hydrogen-bond acceptors (Lipinski definition) is 4. The number of hydrogen-bond donors (Lipinski definition) is 1. The second kappa shape index (κ2) is 7.02. The van der Waals surface area contributed by atoms with Gasteiger partial charge in [-0.3, -0.25) is 4.79 Å². The average molecular weight is 358 g/mol. The van der Waals surface area contributed by atoms with Gasteiger partial charge in [0, 0.05) is 31.1 Å². The van der Waals surface area contributed by atoms with E-state index in [2.05, 4.69) is 0 Å². The summed E-state index contributed by atoms with van der Waals surface area (Å²) in [5.41, 5.74) is -0.0313. The molecule has 0 spiro atoms. The molecule has 1 aromatic carbocycles. The quantitative estimate of drug-likeness (QED) is 0.894. The molecule has 3 rings (SSSR count). The Morgan fingerprint density at radius 1 is 1.31 bits per heavy atom. The molecule has 0 radical (unpaired) electrons. The summed E-state index contributed by atoms with van der Waals surface area (Å²) in [7, 11) is 0. The maximum Gasteiger partial charge on any atom is 0.410 e. The van der Waals surface area contributed by atoms with Crippen molar-refractivity contribution in [2.45, 2.75) is 45.8 Å². The first-order valence-electron chi connectivity index (χ1n) is 9.04. The van der Waals surface area contributed by atoms with Gasteiger partial charge in [0.05, 0.1) is 5.52 Å². The molecule has 0 bridgehead atoms. The zero-order chi connectivity index (χ0) is 18.9. The van der Waals surface area contributed by atoms with Crippen molar-refractivity contribution in [2.75, 3.05) is 13.1 Å². The minimum Gasteiger partial charge on any atom is -0.507 e. The van der Waals surface area contributed by atoms with E-state index in [0.717, 1.165) is 12.8 Å². The topological polar surface area (TPSA) is 71.8 Å². The molecule has 1 aromatic heterocycles. The van der Waals surface area contributed by atoms with Crippen LogP contribution in [0.2, 0.25) is 0 Å². The van der Waals surface area contributed by atoms with E-state index < -0.39 is 5.60 Å². The van der Waals surface area contributed by atoms with Crippen LogP contribution in [-0.2, 0) is 11.3 Å². The Balaban J connectivity index is 1.80. The Bertz CT molecular complexity index is 866. The van der Waals surface area contributed by atoms with Gasteiger partial charge in [-0.1, -0.05) is 12.1 Å². The zero-order valence-corrected chi connectivity index (χ0v) is 15.6. The van der Waals surface area contributed by atoms with Gasteiger partial charge in [-0.25, -0.2) is 4.79 Å². The Morgan fingerprint density at radius 2 is 2.04 bits per heavy atom. The van der Waals surface area contributed by atoms with Crippen molar-refractivity contribution in [1.82, 2.24) is 9.47 Å². The normalized spacial score (nSPS) is 18.1. The third-order valence-electron chi connectivity index (χ3n) is 4.61. The first-order valence-corrected chi connectivity index (χ1v) is 9.04. The highest BCUT2D eigenvalue weighted by Crippen LogP contribution is 2.25. The molecule has 140 valence electrons. The van der Waals surface area contributed by atoms with Crippen LogP contribution < -0.4 is 5.56 Å². The number of carbonyl (C=O) groups excluding carboxylic acids is 1. The summed E-state index contributed by atoms with van der Waals surface area (Å²) in [4.78, 5) is 26.5. The van der Waals surface area contributed by atoms with E-state index in [4.69, 9.17) is 4.74 Å². The zero-order valence-electron chi connectivity index (χ0n) is 15.6. The average Bonchev–Trinajstić information content (AvgIpc) is 2.57. The predicted octanol–water partition coefficient (Wildman–Crippen LogP) is 3.35. The summed E-state index contributed by atoms with van der Waals surface area (Å²) >= 11 is 0. The lowest BCUT2D eigenvalue weighted by Crippen LogP contribution is -2.44. The monoisotopic (exact) mass is 358 g/mol. The van der Waals surface area contributed by atoms with Crippen molar-refractivity contribution in [1.29, 1.82) is 0 Å². The third-order valence-corrected chi connectivity index (χ3v) is 4.61. The van der Waals surface area contributed by atoms with Crippen LogP contribution in [0.5, 0.6) is 5.75 Å². The molecule has 1 unspecified atom stereocenters. The van der Waals surface area contributed by atoms with Gasteiger partial charge in [-0.05, 0) is 51.7 Å².